The molecule has 0 bridgehead atoms. The van der Waals surface area contributed by atoms with Gasteiger partial charge in [-0.1, -0.05) is 11.3 Å². The topological polar surface area (TPSA) is 64.1 Å². The van der Waals surface area contributed by atoms with Crippen LogP contribution in [0.5, 0.6) is 11.5 Å². The maximum absolute atomic E-state index is 12.8. The van der Waals surface area contributed by atoms with E-state index in [-0.39, 0.29) is 5.91 Å². The van der Waals surface area contributed by atoms with Gasteiger partial charge in [0.05, 0.1) is 27.4 Å². The van der Waals surface area contributed by atoms with Crippen LogP contribution in [0, 0.1) is 0 Å². The molecule has 1 aromatic carbocycles. The molecule has 0 saturated carbocycles. The number of fused-ring (bicyclic) bond motifs is 1. The van der Waals surface area contributed by atoms with Gasteiger partial charge >= 0.3 is 0 Å². The Morgan fingerprint density at radius 1 is 1.19 bits per heavy atom. The standard InChI is InChI=1S/C18H23N3O4S2/c1-23-12-3-4-13(24-2)16-15(12)19-18(27-16)21-5-8-25-14(11-21)17(22)20-6-9-26-10-7-20/h3-4,14H,5-11H2,1-2H3. The zero-order valence-corrected chi connectivity index (χ0v) is 17.1. The molecule has 27 heavy (non-hydrogen) atoms. The molecule has 7 nitrogen and oxygen atoms in total. The first-order chi connectivity index (χ1) is 13.2. The highest BCUT2D eigenvalue weighted by Gasteiger charge is 2.32. The van der Waals surface area contributed by atoms with Crippen LogP contribution in [-0.4, -0.2) is 80.4 Å². The summed E-state index contributed by atoms with van der Waals surface area (Å²) < 4.78 is 17.7. The first-order valence-electron chi connectivity index (χ1n) is 8.96. The number of amides is 1. The van der Waals surface area contributed by atoms with Crippen molar-refractivity contribution in [1.82, 2.24) is 9.88 Å². The molecule has 0 radical (unpaired) electrons. The van der Waals surface area contributed by atoms with Crippen molar-refractivity contribution in [2.45, 2.75) is 6.10 Å². The van der Waals surface area contributed by atoms with Crippen molar-refractivity contribution in [3.05, 3.63) is 12.1 Å². The molecule has 9 heteroatoms. The van der Waals surface area contributed by atoms with Crippen LogP contribution < -0.4 is 14.4 Å². The molecule has 1 unspecified atom stereocenters. The number of methoxy groups -OCH3 is 2. The van der Waals surface area contributed by atoms with Crippen LogP contribution in [0.15, 0.2) is 12.1 Å². The van der Waals surface area contributed by atoms with E-state index in [1.165, 1.54) is 0 Å². The van der Waals surface area contributed by atoms with E-state index in [1.807, 2.05) is 28.8 Å². The number of nitrogens with zero attached hydrogens (tertiary/aromatic N) is 3. The number of thioether (sulfide) groups is 1. The third-order valence-electron chi connectivity index (χ3n) is 4.83. The second kappa shape index (κ2) is 8.12. The Morgan fingerprint density at radius 3 is 2.67 bits per heavy atom. The SMILES string of the molecule is COc1ccc(OC)c2sc(N3CCOC(C(=O)N4CCSCC4)C3)nc12. The smallest absolute Gasteiger partial charge is 0.253 e. The number of hydrogen-bond acceptors (Lipinski definition) is 8. The predicted octanol–water partition coefficient (Wildman–Crippen LogP) is 2.09. The zero-order valence-electron chi connectivity index (χ0n) is 15.5. The van der Waals surface area contributed by atoms with Gasteiger partial charge in [-0.15, -0.1) is 0 Å². The number of carbonyl (C=O) groups is 1. The van der Waals surface area contributed by atoms with E-state index in [2.05, 4.69) is 4.90 Å². The van der Waals surface area contributed by atoms with Crippen molar-refractivity contribution in [2.75, 3.05) is 63.4 Å². The molecule has 2 aliphatic rings. The van der Waals surface area contributed by atoms with Gasteiger partial charge < -0.3 is 24.0 Å². The maximum Gasteiger partial charge on any atom is 0.253 e. The van der Waals surface area contributed by atoms with Gasteiger partial charge in [0.1, 0.15) is 21.7 Å². The quantitative estimate of drug-likeness (QED) is 0.766. The summed E-state index contributed by atoms with van der Waals surface area (Å²) in [6, 6.07) is 3.76. The lowest BCUT2D eigenvalue weighted by molar-refractivity contribution is -0.144. The molecule has 1 aromatic heterocycles. The minimum atomic E-state index is -0.433. The van der Waals surface area contributed by atoms with Crippen molar-refractivity contribution in [1.29, 1.82) is 0 Å². The molecule has 3 heterocycles. The van der Waals surface area contributed by atoms with Crippen LogP contribution in [0.25, 0.3) is 10.2 Å². The number of rotatable bonds is 4. The van der Waals surface area contributed by atoms with Gasteiger partial charge in [0.15, 0.2) is 11.2 Å². The lowest BCUT2D eigenvalue weighted by Gasteiger charge is -2.35. The Bertz CT molecular complexity index is 781. The van der Waals surface area contributed by atoms with E-state index in [0.717, 1.165) is 51.4 Å². The van der Waals surface area contributed by atoms with Crippen molar-refractivity contribution < 1.29 is 19.0 Å². The molecular weight excluding hydrogens is 386 g/mol. The van der Waals surface area contributed by atoms with Crippen LogP contribution in [0.4, 0.5) is 5.13 Å². The molecular formula is C18H23N3O4S2. The van der Waals surface area contributed by atoms with Crippen LogP contribution >= 0.6 is 23.1 Å². The van der Waals surface area contributed by atoms with E-state index < -0.39 is 6.10 Å². The Labute approximate surface area is 166 Å². The van der Waals surface area contributed by atoms with Crippen LogP contribution in [0.3, 0.4) is 0 Å². The highest BCUT2D eigenvalue weighted by Crippen LogP contribution is 2.40. The molecule has 0 aliphatic carbocycles. The third-order valence-corrected chi connectivity index (χ3v) is 6.91. The summed E-state index contributed by atoms with van der Waals surface area (Å²) in [5.41, 5.74) is 0.791. The van der Waals surface area contributed by atoms with Crippen LogP contribution in [-0.2, 0) is 9.53 Å². The van der Waals surface area contributed by atoms with Gasteiger partial charge in [0.2, 0.25) is 0 Å². The van der Waals surface area contributed by atoms with Crippen molar-refractivity contribution >= 4 is 44.4 Å². The summed E-state index contributed by atoms with van der Waals surface area (Å²) in [6.45, 7) is 3.36. The normalized spacial score (nSPS) is 20.7. The van der Waals surface area contributed by atoms with E-state index in [9.17, 15) is 4.79 Å². The second-order valence-corrected chi connectivity index (χ2v) is 8.59. The average Bonchev–Trinajstić information content (AvgIpc) is 3.19. The molecule has 2 aliphatic heterocycles. The van der Waals surface area contributed by atoms with Gasteiger partial charge in [0, 0.05) is 31.1 Å². The number of benzene rings is 1. The number of carbonyl (C=O) groups excluding carboxylic acids is 1. The fourth-order valence-corrected chi connectivity index (χ4v) is 5.38. The number of thiazole rings is 1. The Hall–Kier alpha value is -1.71. The second-order valence-electron chi connectivity index (χ2n) is 6.39. The number of ether oxygens (including phenoxy) is 3. The highest BCUT2D eigenvalue weighted by atomic mass is 32.2. The zero-order chi connectivity index (χ0) is 18.8. The highest BCUT2D eigenvalue weighted by molar-refractivity contribution is 7.99. The molecule has 1 atom stereocenters. The molecule has 0 N–H and O–H groups in total. The Morgan fingerprint density at radius 2 is 1.93 bits per heavy atom. The molecule has 2 aromatic rings. The van der Waals surface area contributed by atoms with Gasteiger partial charge in [0.25, 0.3) is 5.91 Å². The lowest BCUT2D eigenvalue weighted by Crippen LogP contribution is -2.52. The van der Waals surface area contributed by atoms with Gasteiger partial charge in [-0.05, 0) is 12.1 Å². The Kier molecular flexibility index (Phi) is 5.60. The van der Waals surface area contributed by atoms with E-state index in [4.69, 9.17) is 19.2 Å². The van der Waals surface area contributed by atoms with E-state index in [1.54, 1.807) is 25.6 Å². The third kappa shape index (κ3) is 3.68. The fourth-order valence-electron chi connectivity index (χ4n) is 3.37. The summed E-state index contributed by atoms with van der Waals surface area (Å²) in [5.74, 6) is 3.59. The summed E-state index contributed by atoms with van der Waals surface area (Å²) >= 11 is 3.45. The molecule has 2 saturated heterocycles. The molecule has 4 rings (SSSR count). The number of hydrogen-bond donors (Lipinski definition) is 0. The average molecular weight is 410 g/mol. The Balaban J connectivity index is 1.56. The number of aromatic nitrogens is 1. The monoisotopic (exact) mass is 409 g/mol. The summed E-state index contributed by atoms with van der Waals surface area (Å²) in [4.78, 5) is 21.6. The molecule has 2 fully saturated rings. The minimum absolute atomic E-state index is 0.0938. The van der Waals surface area contributed by atoms with Crippen LogP contribution in [0.1, 0.15) is 0 Å². The molecule has 146 valence electrons. The first-order valence-corrected chi connectivity index (χ1v) is 10.9. The van der Waals surface area contributed by atoms with E-state index in [0.29, 0.717) is 19.7 Å². The van der Waals surface area contributed by atoms with Gasteiger partial charge in [-0.25, -0.2) is 4.98 Å². The van der Waals surface area contributed by atoms with Crippen LogP contribution in [0.2, 0.25) is 0 Å². The van der Waals surface area contributed by atoms with E-state index >= 15 is 0 Å². The number of anilines is 1. The fraction of sp³-hybridized carbons (Fsp3) is 0.556. The van der Waals surface area contributed by atoms with Gasteiger partial charge in [-0.2, -0.15) is 11.8 Å². The largest absolute Gasteiger partial charge is 0.495 e. The van der Waals surface area contributed by atoms with Gasteiger partial charge in [-0.3, -0.25) is 4.79 Å². The molecule has 1 amide bonds. The number of morpholine rings is 1. The minimum Gasteiger partial charge on any atom is -0.495 e. The van der Waals surface area contributed by atoms with Crippen molar-refractivity contribution in [3.63, 3.8) is 0 Å². The first kappa shape index (κ1) is 18.6. The molecule has 0 spiro atoms. The lowest BCUT2D eigenvalue weighted by atomic mass is 10.2. The predicted molar refractivity (Wildman–Crippen MR) is 109 cm³/mol. The summed E-state index contributed by atoms with van der Waals surface area (Å²) in [5, 5.41) is 0.864. The maximum atomic E-state index is 12.8. The van der Waals surface area contributed by atoms with Crippen molar-refractivity contribution in [3.8, 4) is 11.5 Å². The summed E-state index contributed by atoms with van der Waals surface area (Å²) in [6.07, 6.45) is -0.433. The van der Waals surface area contributed by atoms with Crippen molar-refractivity contribution in [2.24, 2.45) is 0 Å². The summed E-state index contributed by atoms with van der Waals surface area (Å²) in [7, 11) is 3.29.